The van der Waals surface area contributed by atoms with Crippen LogP contribution in [0.2, 0.25) is 5.02 Å². The lowest BCUT2D eigenvalue weighted by Gasteiger charge is -2.34. The summed E-state index contributed by atoms with van der Waals surface area (Å²) in [5, 5.41) is 4.39. The van der Waals surface area contributed by atoms with Crippen LogP contribution < -0.4 is 5.43 Å². The van der Waals surface area contributed by atoms with Crippen LogP contribution in [0.1, 0.15) is 16.7 Å². The van der Waals surface area contributed by atoms with Crippen LogP contribution in [0.5, 0.6) is 0 Å². The van der Waals surface area contributed by atoms with E-state index in [0.717, 1.165) is 45.0 Å². The number of alkyl halides is 3. The maximum Gasteiger partial charge on any atom is 0.417 e. The molecule has 1 amide bonds. The summed E-state index contributed by atoms with van der Waals surface area (Å²) in [7, 11) is 0. The Kier molecular flexibility index (Phi) is 7.47. The summed E-state index contributed by atoms with van der Waals surface area (Å²) in [5.41, 5.74) is 2.60. The van der Waals surface area contributed by atoms with Crippen LogP contribution in [0.4, 0.5) is 13.2 Å². The van der Waals surface area contributed by atoms with Gasteiger partial charge in [0.1, 0.15) is 0 Å². The average molecular weight is 439 g/mol. The number of hydrogen-bond donors (Lipinski definition) is 1. The largest absolute Gasteiger partial charge is 0.417 e. The van der Waals surface area contributed by atoms with Gasteiger partial charge in [-0.3, -0.25) is 14.6 Å². The van der Waals surface area contributed by atoms with E-state index in [9.17, 15) is 18.0 Å². The van der Waals surface area contributed by atoms with Crippen molar-refractivity contribution < 1.29 is 18.0 Å². The molecule has 160 valence electrons. The van der Waals surface area contributed by atoms with Crippen molar-refractivity contribution in [2.45, 2.75) is 12.7 Å². The molecule has 2 aromatic carbocycles. The number of carbonyl (C=O) groups excluding carboxylic acids is 1. The minimum Gasteiger partial charge on any atom is -0.297 e. The Labute approximate surface area is 178 Å². The summed E-state index contributed by atoms with van der Waals surface area (Å²) in [4.78, 5) is 16.4. The van der Waals surface area contributed by atoms with Crippen molar-refractivity contribution in [3.63, 3.8) is 0 Å². The first-order valence-corrected chi connectivity index (χ1v) is 9.86. The number of halogens is 4. The topological polar surface area (TPSA) is 47.9 Å². The van der Waals surface area contributed by atoms with Crippen LogP contribution in [0, 0.1) is 0 Å². The lowest BCUT2D eigenvalue weighted by molar-refractivity contribution is -0.137. The second-order valence-electron chi connectivity index (χ2n) is 7.06. The number of nitrogens with zero attached hydrogens (tertiary/aromatic N) is 3. The monoisotopic (exact) mass is 438 g/mol. The maximum atomic E-state index is 13.0. The average Bonchev–Trinajstić information content (AvgIpc) is 2.71. The fraction of sp³-hybridized carbons (Fsp3) is 0.333. The number of carbonyl (C=O) groups is 1. The number of rotatable bonds is 6. The fourth-order valence-corrected chi connectivity index (χ4v) is 3.36. The molecule has 1 aliphatic rings. The number of benzene rings is 2. The van der Waals surface area contributed by atoms with Crippen LogP contribution >= 0.6 is 11.6 Å². The molecule has 0 aliphatic carbocycles. The van der Waals surface area contributed by atoms with E-state index in [1.807, 2.05) is 29.2 Å². The second kappa shape index (κ2) is 10.1. The number of hydrogen-bond acceptors (Lipinski definition) is 4. The number of nitrogens with one attached hydrogen (secondary N) is 1. The molecule has 2 aromatic rings. The third-order valence-corrected chi connectivity index (χ3v) is 5.06. The van der Waals surface area contributed by atoms with Gasteiger partial charge in [0.15, 0.2) is 0 Å². The van der Waals surface area contributed by atoms with Crippen LogP contribution in [-0.4, -0.2) is 54.6 Å². The minimum absolute atomic E-state index is 0.0962. The van der Waals surface area contributed by atoms with Gasteiger partial charge in [0.25, 0.3) is 5.91 Å². The summed E-state index contributed by atoms with van der Waals surface area (Å²) >= 11 is 5.90. The standard InChI is InChI=1S/C21H22ClF3N4O/c22-18-7-5-16(6-8-18)14-28-9-11-29(12-10-28)15-20(30)27-26-13-17-3-1-2-4-19(17)21(23,24)25/h1-8,13H,9-12,14-15H2,(H,27,30). The summed E-state index contributed by atoms with van der Waals surface area (Å²) < 4.78 is 38.9. The Balaban J connectivity index is 1.43. The molecule has 0 saturated carbocycles. The minimum atomic E-state index is -4.47. The Bertz CT molecular complexity index is 879. The number of hydrazone groups is 1. The first-order chi connectivity index (χ1) is 14.3. The molecule has 1 saturated heterocycles. The maximum absolute atomic E-state index is 13.0. The molecule has 1 heterocycles. The Hall–Kier alpha value is -2.42. The van der Waals surface area contributed by atoms with Crippen molar-refractivity contribution in [3.05, 3.63) is 70.2 Å². The summed E-state index contributed by atoms with van der Waals surface area (Å²) in [6, 6.07) is 12.8. The molecule has 0 aromatic heterocycles. The van der Waals surface area contributed by atoms with E-state index >= 15 is 0 Å². The van der Waals surface area contributed by atoms with E-state index in [0.29, 0.717) is 5.02 Å². The molecule has 0 bridgehead atoms. The van der Waals surface area contributed by atoms with E-state index in [4.69, 9.17) is 11.6 Å². The molecule has 9 heteroatoms. The lowest BCUT2D eigenvalue weighted by atomic mass is 10.1. The van der Waals surface area contributed by atoms with E-state index in [2.05, 4.69) is 15.4 Å². The molecule has 1 N–H and O–H groups in total. The van der Waals surface area contributed by atoms with Crippen LogP contribution in [0.3, 0.4) is 0 Å². The van der Waals surface area contributed by atoms with Crippen molar-refractivity contribution in [1.29, 1.82) is 0 Å². The van der Waals surface area contributed by atoms with Crippen LogP contribution in [0.25, 0.3) is 0 Å². The van der Waals surface area contributed by atoms with Gasteiger partial charge >= 0.3 is 6.18 Å². The third kappa shape index (κ3) is 6.55. The Morgan fingerprint density at radius 3 is 2.33 bits per heavy atom. The van der Waals surface area contributed by atoms with Gasteiger partial charge in [-0.15, -0.1) is 0 Å². The highest BCUT2D eigenvalue weighted by Crippen LogP contribution is 2.31. The molecular weight excluding hydrogens is 417 g/mol. The van der Waals surface area contributed by atoms with E-state index < -0.39 is 11.7 Å². The molecular formula is C21H22ClF3N4O. The quantitative estimate of drug-likeness (QED) is 0.553. The molecule has 0 unspecified atom stereocenters. The summed E-state index contributed by atoms with van der Waals surface area (Å²) in [6.45, 7) is 4.05. The number of amides is 1. The number of piperazine rings is 1. The van der Waals surface area contributed by atoms with Crippen molar-refractivity contribution in [3.8, 4) is 0 Å². The summed E-state index contributed by atoms with van der Waals surface area (Å²) in [5.74, 6) is -0.359. The van der Waals surface area contributed by atoms with Crippen molar-refractivity contribution in [2.24, 2.45) is 5.10 Å². The predicted molar refractivity (Wildman–Crippen MR) is 110 cm³/mol. The van der Waals surface area contributed by atoms with Gasteiger partial charge in [-0.25, -0.2) is 5.43 Å². The lowest BCUT2D eigenvalue weighted by Crippen LogP contribution is -2.48. The van der Waals surface area contributed by atoms with Crippen LogP contribution in [0.15, 0.2) is 53.6 Å². The Morgan fingerprint density at radius 2 is 1.67 bits per heavy atom. The highest BCUT2D eigenvalue weighted by molar-refractivity contribution is 6.30. The van der Waals surface area contributed by atoms with E-state index in [1.165, 1.54) is 23.8 Å². The second-order valence-corrected chi connectivity index (χ2v) is 7.49. The van der Waals surface area contributed by atoms with Crippen LogP contribution in [-0.2, 0) is 17.5 Å². The zero-order chi connectivity index (χ0) is 21.6. The molecule has 3 rings (SSSR count). The first-order valence-electron chi connectivity index (χ1n) is 9.48. The van der Waals surface area contributed by atoms with E-state index in [-0.39, 0.29) is 18.0 Å². The summed E-state index contributed by atoms with van der Waals surface area (Å²) in [6.07, 6.45) is -3.46. The Morgan fingerprint density at radius 1 is 1.03 bits per heavy atom. The predicted octanol–water partition coefficient (Wildman–Crippen LogP) is 3.63. The van der Waals surface area contributed by atoms with Crippen molar-refractivity contribution in [2.75, 3.05) is 32.7 Å². The van der Waals surface area contributed by atoms with Gasteiger partial charge in [0.2, 0.25) is 0 Å². The molecule has 0 atom stereocenters. The van der Waals surface area contributed by atoms with Gasteiger partial charge in [0, 0.05) is 43.3 Å². The zero-order valence-corrected chi connectivity index (χ0v) is 17.0. The van der Waals surface area contributed by atoms with Gasteiger partial charge in [-0.1, -0.05) is 41.9 Å². The van der Waals surface area contributed by atoms with E-state index in [1.54, 1.807) is 0 Å². The van der Waals surface area contributed by atoms with Crippen molar-refractivity contribution >= 4 is 23.7 Å². The SMILES string of the molecule is O=C(CN1CCN(Cc2ccc(Cl)cc2)CC1)NN=Cc1ccccc1C(F)(F)F. The van der Waals surface area contributed by atoms with Crippen molar-refractivity contribution in [1.82, 2.24) is 15.2 Å². The molecule has 1 fully saturated rings. The van der Waals surface area contributed by atoms with Gasteiger partial charge in [-0.05, 0) is 23.8 Å². The molecule has 5 nitrogen and oxygen atoms in total. The molecule has 30 heavy (non-hydrogen) atoms. The molecule has 0 radical (unpaired) electrons. The van der Waals surface area contributed by atoms with Gasteiger partial charge in [0.05, 0.1) is 18.3 Å². The normalized spacial score (nSPS) is 16.1. The van der Waals surface area contributed by atoms with Gasteiger partial charge in [-0.2, -0.15) is 18.3 Å². The van der Waals surface area contributed by atoms with Gasteiger partial charge < -0.3 is 0 Å². The zero-order valence-electron chi connectivity index (χ0n) is 16.2. The first kappa shape index (κ1) is 22.3. The third-order valence-electron chi connectivity index (χ3n) is 4.81. The fourth-order valence-electron chi connectivity index (χ4n) is 3.23. The smallest absolute Gasteiger partial charge is 0.297 e. The molecule has 1 aliphatic heterocycles. The molecule has 0 spiro atoms. The highest BCUT2D eigenvalue weighted by Gasteiger charge is 2.32. The highest BCUT2D eigenvalue weighted by atomic mass is 35.5.